The number of thioether (sulfide) groups is 1. The molecule has 1 N–H and O–H groups in total. The molecule has 0 saturated heterocycles. The summed E-state index contributed by atoms with van der Waals surface area (Å²) in [5.41, 5.74) is 1.04. The Balaban J connectivity index is 1.73. The molecule has 0 bridgehead atoms. The van der Waals surface area contributed by atoms with Crippen LogP contribution in [0.2, 0.25) is 0 Å². The molecule has 0 radical (unpaired) electrons. The highest BCUT2D eigenvalue weighted by Crippen LogP contribution is 2.21. The summed E-state index contributed by atoms with van der Waals surface area (Å²) in [6, 6.07) is 13.8. The van der Waals surface area contributed by atoms with Gasteiger partial charge >= 0.3 is 5.97 Å². The fourth-order valence-corrected chi connectivity index (χ4v) is 2.85. The molecule has 2 aromatic carbocycles. The Morgan fingerprint density at radius 1 is 1.00 bits per heavy atom. The molecule has 0 aliphatic heterocycles. The van der Waals surface area contributed by atoms with Crippen molar-refractivity contribution in [3.63, 3.8) is 0 Å². The maximum absolute atomic E-state index is 11.9. The zero-order valence-electron chi connectivity index (χ0n) is 15.9. The highest BCUT2D eigenvalue weighted by atomic mass is 32.2. The second-order valence-electron chi connectivity index (χ2n) is 5.95. The molecule has 0 aromatic heterocycles. The lowest BCUT2D eigenvalue weighted by Gasteiger charge is -2.11. The Kier molecular flexibility index (Phi) is 7.88. The van der Waals surface area contributed by atoms with Crippen LogP contribution in [0.15, 0.2) is 53.4 Å². The second kappa shape index (κ2) is 10.4. The predicted octanol–water partition coefficient (Wildman–Crippen LogP) is 2.67. The molecule has 0 atom stereocenters. The van der Waals surface area contributed by atoms with Gasteiger partial charge in [-0.3, -0.25) is 14.4 Å². The molecule has 0 aliphatic carbocycles. The first kappa shape index (κ1) is 21.3. The lowest BCUT2D eigenvalue weighted by Crippen LogP contribution is -2.22. The number of esters is 1. The van der Waals surface area contributed by atoms with Gasteiger partial charge in [-0.1, -0.05) is 0 Å². The summed E-state index contributed by atoms with van der Waals surface area (Å²) in [7, 11) is 4.92. The minimum absolute atomic E-state index is 0.0982. The minimum Gasteiger partial charge on any atom is -0.497 e. The van der Waals surface area contributed by atoms with Crippen molar-refractivity contribution in [2.24, 2.45) is 0 Å². The molecule has 0 spiro atoms. The number of methoxy groups -OCH3 is 1. The average molecular weight is 402 g/mol. The molecule has 7 nitrogen and oxygen atoms in total. The van der Waals surface area contributed by atoms with Gasteiger partial charge in [-0.2, -0.15) is 0 Å². The van der Waals surface area contributed by atoms with E-state index in [-0.39, 0.29) is 18.3 Å². The second-order valence-corrected chi connectivity index (χ2v) is 7.00. The normalized spacial score (nSPS) is 10.1. The van der Waals surface area contributed by atoms with E-state index in [4.69, 9.17) is 9.47 Å². The average Bonchev–Trinajstić information content (AvgIpc) is 2.71. The number of anilines is 1. The quantitative estimate of drug-likeness (QED) is 0.540. The highest BCUT2D eigenvalue weighted by molar-refractivity contribution is 8.00. The van der Waals surface area contributed by atoms with E-state index in [0.717, 1.165) is 10.6 Å². The van der Waals surface area contributed by atoms with Crippen LogP contribution in [0.4, 0.5) is 5.69 Å². The lowest BCUT2D eigenvalue weighted by atomic mass is 10.2. The molecule has 28 heavy (non-hydrogen) atoms. The Morgan fingerprint density at radius 2 is 1.64 bits per heavy atom. The first-order valence-electron chi connectivity index (χ1n) is 8.43. The number of hydrogen-bond donors (Lipinski definition) is 1. The first-order valence-corrected chi connectivity index (χ1v) is 9.41. The van der Waals surface area contributed by atoms with E-state index in [1.165, 1.54) is 16.7 Å². The first-order chi connectivity index (χ1) is 13.4. The minimum atomic E-state index is -0.483. The topological polar surface area (TPSA) is 84.9 Å². The van der Waals surface area contributed by atoms with Gasteiger partial charge < -0.3 is 19.7 Å². The van der Waals surface area contributed by atoms with E-state index in [0.29, 0.717) is 11.3 Å². The van der Waals surface area contributed by atoms with Gasteiger partial charge in [0.15, 0.2) is 6.61 Å². The molecule has 2 amide bonds. The van der Waals surface area contributed by atoms with Crippen molar-refractivity contribution in [1.82, 2.24) is 4.90 Å². The lowest BCUT2D eigenvalue weighted by molar-refractivity contribution is -0.144. The van der Waals surface area contributed by atoms with Crippen molar-refractivity contribution in [3.05, 3.63) is 54.1 Å². The van der Waals surface area contributed by atoms with Crippen LogP contribution >= 0.6 is 11.8 Å². The molecule has 0 unspecified atom stereocenters. The predicted molar refractivity (Wildman–Crippen MR) is 108 cm³/mol. The van der Waals surface area contributed by atoms with Crippen LogP contribution in [0.25, 0.3) is 0 Å². The van der Waals surface area contributed by atoms with Gasteiger partial charge in [0.1, 0.15) is 5.75 Å². The van der Waals surface area contributed by atoms with Gasteiger partial charge in [0, 0.05) is 30.2 Å². The third-order valence-electron chi connectivity index (χ3n) is 3.60. The molecule has 148 valence electrons. The number of nitrogens with one attached hydrogen (secondary N) is 1. The Labute approximate surface area is 168 Å². The summed E-state index contributed by atoms with van der Waals surface area (Å²) in [5, 5.41) is 2.62. The van der Waals surface area contributed by atoms with Crippen LogP contribution in [0, 0.1) is 0 Å². The standard InChI is InChI=1S/C20H22N2O5S/c1-22(2)20(25)14-4-6-15(7-5-14)21-18(23)12-27-19(24)13-28-17-10-8-16(26-3)9-11-17/h4-11H,12-13H2,1-3H3,(H,21,23). The molecule has 2 aromatic rings. The van der Waals surface area contributed by atoms with Crippen molar-refractivity contribution in [2.45, 2.75) is 4.90 Å². The fourth-order valence-electron chi connectivity index (χ4n) is 2.15. The fraction of sp³-hybridized carbons (Fsp3) is 0.250. The van der Waals surface area contributed by atoms with Gasteiger partial charge in [-0.25, -0.2) is 0 Å². The SMILES string of the molecule is COc1ccc(SCC(=O)OCC(=O)Nc2ccc(C(=O)N(C)C)cc2)cc1. The third kappa shape index (κ3) is 6.62. The van der Waals surface area contributed by atoms with Gasteiger partial charge in [-0.05, 0) is 48.5 Å². The van der Waals surface area contributed by atoms with Crippen LogP contribution in [0.3, 0.4) is 0 Å². The molecule has 2 rings (SSSR count). The maximum Gasteiger partial charge on any atom is 0.316 e. The highest BCUT2D eigenvalue weighted by Gasteiger charge is 2.10. The van der Waals surface area contributed by atoms with Crippen LogP contribution < -0.4 is 10.1 Å². The van der Waals surface area contributed by atoms with E-state index in [9.17, 15) is 14.4 Å². The number of nitrogens with zero attached hydrogens (tertiary/aromatic N) is 1. The van der Waals surface area contributed by atoms with Gasteiger partial charge in [0.25, 0.3) is 11.8 Å². The van der Waals surface area contributed by atoms with E-state index in [1.54, 1.807) is 57.6 Å². The number of ether oxygens (including phenoxy) is 2. The summed E-state index contributed by atoms with van der Waals surface area (Å²) in [6.07, 6.45) is 0. The molecule has 8 heteroatoms. The molecule has 0 aliphatic rings. The van der Waals surface area contributed by atoms with E-state index >= 15 is 0 Å². The van der Waals surface area contributed by atoms with Crippen LogP contribution in [0.5, 0.6) is 5.75 Å². The summed E-state index contributed by atoms with van der Waals surface area (Å²) >= 11 is 1.31. The monoisotopic (exact) mass is 402 g/mol. The summed E-state index contributed by atoms with van der Waals surface area (Å²) in [6.45, 7) is -0.375. The number of rotatable bonds is 8. The van der Waals surface area contributed by atoms with E-state index < -0.39 is 11.9 Å². The van der Waals surface area contributed by atoms with Crippen molar-refractivity contribution in [2.75, 3.05) is 38.9 Å². The maximum atomic E-state index is 11.9. The zero-order valence-corrected chi connectivity index (χ0v) is 16.7. The van der Waals surface area contributed by atoms with E-state index in [2.05, 4.69) is 5.32 Å². The van der Waals surface area contributed by atoms with Crippen molar-refractivity contribution in [3.8, 4) is 5.75 Å². The van der Waals surface area contributed by atoms with E-state index in [1.807, 2.05) is 12.1 Å². The number of benzene rings is 2. The van der Waals surface area contributed by atoms with Crippen LogP contribution in [-0.4, -0.2) is 56.2 Å². The van der Waals surface area contributed by atoms with Crippen LogP contribution in [-0.2, 0) is 14.3 Å². The van der Waals surface area contributed by atoms with Gasteiger partial charge in [0.05, 0.1) is 12.9 Å². The number of amides is 2. The Hall–Kier alpha value is -3.00. The number of carbonyl (C=O) groups is 3. The number of carbonyl (C=O) groups excluding carboxylic acids is 3. The molecular weight excluding hydrogens is 380 g/mol. The van der Waals surface area contributed by atoms with Crippen molar-refractivity contribution < 1.29 is 23.9 Å². The van der Waals surface area contributed by atoms with Crippen LogP contribution in [0.1, 0.15) is 10.4 Å². The zero-order chi connectivity index (χ0) is 20.5. The molecule has 0 fully saturated rings. The summed E-state index contributed by atoms with van der Waals surface area (Å²) in [4.78, 5) is 37.9. The molecule has 0 saturated carbocycles. The van der Waals surface area contributed by atoms with Crippen molar-refractivity contribution >= 4 is 35.2 Å². The Morgan fingerprint density at radius 3 is 2.21 bits per heavy atom. The molecule has 0 heterocycles. The smallest absolute Gasteiger partial charge is 0.316 e. The molecular formula is C20H22N2O5S. The van der Waals surface area contributed by atoms with Gasteiger partial charge in [0.2, 0.25) is 0 Å². The summed E-state index contributed by atoms with van der Waals surface area (Å²) < 4.78 is 10.1. The third-order valence-corrected chi connectivity index (χ3v) is 4.59. The largest absolute Gasteiger partial charge is 0.497 e. The van der Waals surface area contributed by atoms with Gasteiger partial charge in [-0.15, -0.1) is 11.8 Å². The summed E-state index contributed by atoms with van der Waals surface area (Å²) in [5.74, 6) is -0.220. The van der Waals surface area contributed by atoms with Crippen molar-refractivity contribution in [1.29, 1.82) is 0 Å². The Bertz CT molecular complexity index is 819. The number of hydrogen-bond acceptors (Lipinski definition) is 6.